The number of anilines is 2. The largest absolute Gasteiger partial charge is 0.466 e. The van der Waals surface area contributed by atoms with Gasteiger partial charge in [0, 0.05) is 22.2 Å². The highest BCUT2D eigenvalue weighted by Gasteiger charge is 2.17. The molecule has 8 heteroatoms. The van der Waals surface area contributed by atoms with Crippen LogP contribution >= 0.6 is 35.0 Å². The zero-order chi connectivity index (χ0) is 20.8. The fourth-order valence-electron chi connectivity index (χ4n) is 2.56. The first-order valence-corrected chi connectivity index (χ1v) is 10.5. The maximum absolute atomic E-state index is 11.7. The summed E-state index contributed by atoms with van der Waals surface area (Å²) < 4.78 is 4.73. The lowest BCUT2D eigenvalue weighted by Crippen LogP contribution is -2.04. The van der Waals surface area contributed by atoms with Gasteiger partial charge in [-0.2, -0.15) is 0 Å². The van der Waals surface area contributed by atoms with Gasteiger partial charge in [0.2, 0.25) is 0 Å². The summed E-state index contributed by atoms with van der Waals surface area (Å²) in [5, 5.41) is 4.87. The number of ether oxygens (including phenoxy) is 1. The third-order valence-corrected chi connectivity index (χ3v) is 5.16. The van der Waals surface area contributed by atoms with Gasteiger partial charge in [-0.1, -0.05) is 65.3 Å². The van der Waals surface area contributed by atoms with Crippen LogP contribution in [0, 0.1) is 0 Å². The maximum Gasteiger partial charge on any atom is 0.330 e. The lowest BCUT2D eigenvalue weighted by Gasteiger charge is -2.15. The Balaban J connectivity index is 2.23. The van der Waals surface area contributed by atoms with Gasteiger partial charge in [-0.05, 0) is 30.5 Å². The van der Waals surface area contributed by atoms with Crippen LogP contribution < -0.4 is 5.32 Å². The van der Waals surface area contributed by atoms with Crippen molar-refractivity contribution in [2.24, 2.45) is 0 Å². The second kappa shape index (κ2) is 9.78. The van der Waals surface area contributed by atoms with Crippen molar-refractivity contribution in [3.8, 4) is 11.3 Å². The number of esters is 1. The minimum atomic E-state index is -0.493. The van der Waals surface area contributed by atoms with Crippen LogP contribution in [0.25, 0.3) is 17.3 Å². The van der Waals surface area contributed by atoms with Gasteiger partial charge in [0.1, 0.15) is 5.82 Å². The number of carbonyl (C=O) groups excluding carboxylic acids is 1. The van der Waals surface area contributed by atoms with Crippen LogP contribution in [0.1, 0.15) is 5.56 Å². The molecule has 0 amide bonds. The number of nitrogens with zero attached hydrogens (tertiary/aromatic N) is 2. The highest BCUT2D eigenvalue weighted by atomic mass is 35.5. The van der Waals surface area contributed by atoms with Gasteiger partial charge in [-0.3, -0.25) is 0 Å². The second-order valence-corrected chi connectivity index (χ2v) is 7.35. The topological polar surface area (TPSA) is 64.1 Å². The molecule has 0 aliphatic heterocycles. The van der Waals surface area contributed by atoms with Crippen molar-refractivity contribution in [2.75, 3.05) is 18.7 Å². The molecule has 0 aliphatic carbocycles. The Morgan fingerprint density at radius 3 is 2.41 bits per heavy atom. The Bertz CT molecular complexity index is 1070. The summed E-state index contributed by atoms with van der Waals surface area (Å²) in [6, 6.07) is 14.7. The molecule has 0 radical (unpaired) electrons. The number of methoxy groups -OCH3 is 1. The van der Waals surface area contributed by atoms with Crippen LogP contribution in [0.15, 0.2) is 59.8 Å². The van der Waals surface area contributed by atoms with Crippen molar-refractivity contribution in [2.45, 2.75) is 5.16 Å². The number of benzene rings is 2. The number of carbonyl (C=O) groups is 1. The number of hydrogen-bond donors (Lipinski definition) is 1. The molecule has 3 rings (SSSR count). The Morgan fingerprint density at radius 2 is 1.76 bits per heavy atom. The molecule has 0 atom stereocenters. The molecule has 29 heavy (non-hydrogen) atoms. The van der Waals surface area contributed by atoms with Gasteiger partial charge in [0.25, 0.3) is 0 Å². The molecule has 148 valence electrons. The molecular weight excluding hydrogens is 429 g/mol. The number of para-hydroxylation sites is 1. The van der Waals surface area contributed by atoms with Crippen molar-refractivity contribution < 1.29 is 9.53 Å². The average Bonchev–Trinajstić information content (AvgIpc) is 2.74. The molecule has 2 aromatic carbocycles. The lowest BCUT2D eigenvalue weighted by atomic mass is 10.1. The van der Waals surface area contributed by atoms with Gasteiger partial charge in [0.05, 0.1) is 23.5 Å². The molecule has 1 heterocycles. The van der Waals surface area contributed by atoms with E-state index in [1.807, 2.05) is 42.7 Å². The molecule has 0 unspecified atom stereocenters. The summed E-state index contributed by atoms with van der Waals surface area (Å²) in [7, 11) is 1.32. The molecule has 0 spiro atoms. The quantitative estimate of drug-likeness (QED) is 0.214. The summed E-state index contributed by atoms with van der Waals surface area (Å²) in [6.07, 6.45) is 4.80. The number of nitrogens with one attached hydrogen (secondary N) is 1. The Labute approximate surface area is 183 Å². The predicted molar refractivity (Wildman–Crippen MR) is 120 cm³/mol. The average molecular weight is 446 g/mol. The van der Waals surface area contributed by atoms with Crippen molar-refractivity contribution in [3.63, 3.8) is 0 Å². The van der Waals surface area contributed by atoms with Crippen LogP contribution in [0.3, 0.4) is 0 Å². The zero-order valence-electron chi connectivity index (χ0n) is 15.6. The minimum Gasteiger partial charge on any atom is -0.466 e. The highest BCUT2D eigenvalue weighted by Crippen LogP contribution is 2.36. The monoisotopic (exact) mass is 445 g/mol. The van der Waals surface area contributed by atoms with Gasteiger partial charge < -0.3 is 10.1 Å². The van der Waals surface area contributed by atoms with Crippen LogP contribution in [-0.2, 0) is 9.53 Å². The molecule has 0 bridgehead atoms. The van der Waals surface area contributed by atoms with Crippen LogP contribution in [-0.4, -0.2) is 29.3 Å². The molecule has 0 saturated heterocycles. The second-order valence-electron chi connectivity index (χ2n) is 5.76. The van der Waals surface area contributed by atoms with Crippen LogP contribution in [0.2, 0.25) is 10.0 Å². The molecule has 0 aliphatic rings. The third-order valence-electron chi connectivity index (χ3n) is 3.95. The van der Waals surface area contributed by atoms with Gasteiger partial charge in [0.15, 0.2) is 5.16 Å². The van der Waals surface area contributed by atoms with E-state index in [1.54, 1.807) is 18.2 Å². The first kappa shape index (κ1) is 21.2. The molecule has 0 saturated carbocycles. The van der Waals surface area contributed by atoms with E-state index in [9.17, 15) is 4.79 Å². The summed E-state index contributed by atoms with van der Waals surface area (Å²) in [4.78, 5) is 20.9. The van der Waals surface area contributed by atoms with E-state index in [4.69, 9.17) is 27.9 Å². The van der Waals surface area contributed by atoms with E-state index in [0.29, 0.717) is 38.0 Å². The maximum atomic E-state index is 11.7. The SMILES string of the molecule is COC(=O)C=Cc1c(Nc2ccccc2Cl)nc(SC)nc1-c1ccccc1Cl. The van der Waals surface area contributed by atoms with Crippen molar-refractivity contribution >= 4 is 58.5 Å². The number of aromatic nitrogens is 2. The number of thioether (sulfide) groups is 1. The Morgan fingerprint density at radius 1 is 1.07 bits per heavy atom. The predicted octanol–water partition coefficient (Wildman–Crippen LogP) is 6.10. The summed E-state index contributed by atoms with van der Waals surface area (Å²) >= 11 is 14.1. The summed E-state index contributed by atoms with van der Waals surface area (Å²) in [5.74, 6) is 0.000248. The zero-order valence-corrected chi connectivity index (χ0v) is 18.0. The van der Waals surface area contributed by atoms with Crippen LogP contribution in [0.5, 0.6) is 0 Å². The fraction of sp³-hybridized carbons (Fsp3) is 0.0952. The molecule has 1 aromatic heterocycles. The van der Waals surface area contributed by atoms with E-state index in [2.05, 4.69) is 15.3 Å². The fourth-order valence-corrected chi connectivity index (χ4v) is 3.33. The first-order valence-electron chi connectivity index (χ1n) is 8.52. The van der Waals surface area contributed by atoms with Gasteiger partial charge >= 0.3 is 5.97 Å². The van der Waals surface area contributed by atoms with Gasteiger partial charge in [-0.15, -0.1) is 0 Å². The summed E-state index contributed by atoms with van der Waals surface area (Å²) in [6.45, 7) is 0. The number of rotatable bonds is 6. The van der Waals surface area contributed by atoms with Crippen LogP contribution in [0.4, 0.5) is 11.5 Å². The molecule has 0 fully saturated rings. The third kappa shape index (κ3) is 5.09. The molecule has 3 aromatic rings. The van der Waals surface area contributed by atoms with Gasteiger partial charge in [-0.25, -0.2) is 14.8 Å². The number of hydrogen-bond acceptors (Lipinski definition) is 6. The first-order chi connectivity index (χ1) is 14.0. The summed E-state index contributed by atoms with van der Waals surface area (Å²) in [5.41, 5.74) is 2.57. The number of halogens is 2. The van der Waals surface area contributed by atoms with E-state index in [0.717, 1.165) is 5.56 Å². The molecule has 5 nitrogen and oxygen atoms in total. The smallest absolute Gasteiger partial charge is 0.330 e. The van der Waals surface area contributed by atoms with Crippen molar-refractivity contribution in [3.05, 3.63) is 70.2 Å². The Kier molecular flexibility index (Phi) is 7.14. The van der Waals surface area contributed by atoms with Crippen molar-refractivity contribution in [1.29, 1.82) is 0 Å². The standard InChI is InChI=1S/C21H17Cl2N3O2S/c1-28-18(27)12-11-14-19(13-7-3-4-8-15(13)22)25-21(29-2)26-20(14)24-17-10-6-5-9-16(17)23/h3-12H,1-2H3,(H,24,25,26). The Hall–Kier alpha value is -2.54. The van der Waals surface area contributed by atoms with Crippen molar-refractivity contribution in [1.82, 2.24) is 9.97 Å². The van der Waals surface area contributed by atoms with E-state index in [-0.39, 0.29) is 0 Å². The van der Waals surface area contributed by atoms with E-state index < -0.39 is 5.97 Å². The normalized spacial score (nSPS) is 10.9. The minimum absolute atomic E-state index is 0.493. The van der Waals surface area contributed by atoms with E-state index in [1.165, 1.54) is 24.9 Å². The molecular formula is C21H17Cl2N3O2S. The highest BCUT2D eigenvalue weighted by molar-refractivity contribution is 7.98. The van der Waals surface area contributed by atoms with E-state index >= 15 is 0 Å². The lowest BCUT2D eigenvalue weighted by molar-refractivity contribution is -0.134. The molecule has 1 N–H and O–H groups in total.